The third-order valence-corrected chi connectivity index (χ3v) is 18.9. The minimum atomic E-state index is -1.74. The van der Waals surface area contributed by atoms with Gasteiger partial charge in [-0.25, -0.2) is 0 Å². The van der Waals surface area contributed by atoms with Crippen LogP contribution in [0.5, 0.6) is 0 Å². The Morgan fingerprint density at radius 3 is 1.84 bits per heavy atom. The van der Waals surface area contributed by atoms with E-state index in [0.29, 0.717) is 31.6 Å². The molecule has 0 aromatic heterocycles. The van der Waals surface area contributed by atoms with Crippen molar-refractivity contribution >= 4 is 11.8 Å². The van der Waals surface area contributed by atoms with E-state index in [4.69, 9.17) is 42.6 Å². The van der Waals surface area contributed by atoms with Gasteiger partial charge in [0.05, 0.1) is 44.1 Å². The van der Waals surface area contributed by atoms with Crippen molar-refractivity contribution in [2.45, 2.75) is 241 Å². The normalized spacial score (nSPS) is 52.1. The number of rotatable bonds is 16. The van der Waals surface area contributed by atoms with E-state index >= 15 is 0 Å². The lowest BCUT2D eigenvalue weighted by Crippen LogP contribution is -2.65. The molecule has 8 fully saturated rings. The van der Waals surface area contributed by atoms with E-state index in [0.717, 1.165) is 32.1 Å². The molecule has 8 aliphatic rings. The van der Waals surface area contributed by atoms with E-state index in [1.807, 2.05) is 6.92 Å². The highest BCUT2D eigenvalue weighted by molar-refractivity contribution is 5.81. The van der Waals surface area contributed by atoms with Crippen molar-refractivity contribution in [2.75, 3.05) is 19.8 Å². The molecule has 0 radical (unpaired) electrons. The van der Waals surface area contributed by atoms with E-state index in [1.54, 1.807) is 6.92 Å². The first kappa shape index (κ1) is 58.5. The molecule has 0 aromatic carbocycles. The molecule has 4 saturated carbocycles. The van der Waals surface area contributed by atoms with E-state index in [1.165, 1.54) is 13.8 Å². The number of ketones is 1. The van der Waals surface area contributed by atoms with Gasteiger partial charge in [0.1, 0.15) is 97.3 Å². The van der Waals surface area contributed by atoms with Crippen LogP contribution in [0.4, 0.5) is 0 Å². The molecule has 4 aliphatic carbocycles. The fraction of sp³-hybridized carbons (Fsp3) is 0.961. The van der Waals surface area contributed by atoms with Crippen LogP contribution in [0.15, 0.2) is 0 Å². The maximum Gasteiger partial charge on any atom is 0.306 e. The summed E-state index contributed by atoms with van der Waals surface area (Å²) >= 11 is 0. The summed E-state index contributed by atoms with van der Waals surface area (Å²) in [5.74, 6) is -0.197. The Balaban J connectivity index is 0.899. The van der Waals surface area contributed by atoms with E-state index in [9.17, 15) is 70.9 Å². The second-order valence-electron chi connectivity index (χ2n) is 23.6. The second-order valence-corrected chi connectivity index (χ2v) is 23.6. The molecule has 74 heavy (non-hydrogen) atoms. The summed E-state index contributed by atoms with van der Waals surface area (Å²) < 4.78 is 53.4. The van der Waals surface area contributed by atoms with Crippen LogP contribution in [0.1, 0.15) is 106 Å². The van der Waals surface area contributed by atoms with Crippen molar-refractivity contribution < 1.29 is 113 Å². The molecule has 23 nitrogen and oxygen atoms in total. The number of aliphatic hydroxyl groups excluding tert-OH is 12. The number of Topliss-reactive ketones (excluding diaryl/α,β-unsaturated/α-hetero) is 1. The molecule has 12 N–H and O–H groups in total. The molecular formula is C51H84O23. The van der Waals surface area contributed by atoms with Gasteiger partial charge < -0.3 is 104 Å². The van der Waals surface area contributed by atoms with Gasteiger partial charge in [-0.2, -0.15) is 0 Å². The van der Waals surface area contributed by atoms with Gasteiger partial charge in [0.25, 0.3) is 0 Å². The zero-order valence-corrected chi connectivity index (χ0v) is 43.2. The lowest BCUT2D eigenvalue weighted by Gasteiger charge is -2.61. The van der Waals surface area contributed by atoms with E-state index in [2.05, 4.69) is 13.8 Å². The highest BCUT2D eigenvalue weighted by atomic mass is 16.8. The number of esters is 1. The first-order chi connectivity index (χ1) is 34.9. The van der Waals surface area contributed by atoms with Gasteiger partial charge >= 0.3 is 5.97 Å². The molecule has 0 aromatic rings. The number of aliphatic hydroxyl groups is 12. The average Bonchev–Trinajstić information content (AvgIpc) is 3.67. The molecule has 8 rings (SSSR count). The van der Waals surface area contributed by atoms with Crippen LogP contribution in [0.2, 0.25) is 0 Å². The van der Waals surface area contributed by atoms with Gasteiger partial charge in [0, 0.05) is 6.42 Å². The van der Waals surface area contributed by atoms with Crippen LogP contribution >= 0.6 is 0 Å². The summed E-state index contributed by atoms with van der Waals surface area (Å²) in [5, 5.41) is 126. The van der Waals surface area contributed by atoms with Crippen LogP contribution in [-0.4, -0.2) is 228 Å². The summed E-state index contributed by atoms with van der Waals surface area (Å²) in [6.45, 7) is 9.92. The van der Waals surface area contributed by atoms with Gasteiger partial charge in [0.2, 0.25) is 0 Å². The molecule has 4 aliphatic heterocycles. The first-order valence-corrected chi connectivity index (χ1v) is 26.9. The molecule has 4 saturated heterocycles. The first-order valence-electron chi connectivity index (χ1n) is 26.9. The Morgan fingerprint density at radius 2 is 1.19 bits per heavy atom. The molecule has 23 heteroatoms. The smallest absolute Gasteiger partial charge is 0.306 e. The molecule has 0 amide bonds. The minimum absolute atomic E-state index is 0.00950. The standard InChI is InChI=1S/C51H84O23/c1-20(18-66-47-43(64)40(61)36(57)30(17-52)72-47)7-10-32(54)71-29-16-28-26-9-8-24-15-25(11-13-50(24,5)27(26)12-14-51(28,6)33(29)21(2)53)70-49-45(74-48-44(65)39(60)35(56)23(4)69-48)41(62)37(58)31(73-49)19-67-46-42(63)38(59)34(55)22(3)68-46/h20,22-31,33-49,52,55-65H,7-19H2,1-6H3. The van der Waals surface area contributed by atoms with Crippen LogP contribution in [0.3, 0.4) is 0 Å². The fourth-order valence-corrected chi connectivity index (χ4v) is 14.4. The number of hydrogen-bond acceptors (Lipinski definition) is 23. The van der Waals surface area contributed by atoms with Crippen molar-refractivity contribution in [2.24, 2.45) is 46.3 Å². The van der Waals surface area contributed by atoms with Crippen molar-refractivity contribution in [3.8, 4) is 0 Å². The van der Waals surface area contributed by atoms with Gasteiger partial charge in [-0.1, -0.05) is 20.8 Å². The average molecular weight is 1070 g/mol. The van der Waals surface area contributed by atoms with Crippen molar-refractivity contribution in [1.29, 1.82) is 0 Å². The SMILES string of the molecule is CC(=O)C1C(OC(=O)CCC(C)COC2OC(CO)C(O)C(O)C2O)CC2C3CCC4CC(OC5OC(COC6OC(C)C(O)C(O)C6O)C(O)C(O)C5OC5OC(C)C(O)C(O)C5O)CCC4(C)C3CCC21C. The van der Waals surface area contributed by atoms with Gasteiger partial charge in [-0.15, -0.1) is 0 Å². The number of hydrogen-bond donors (Lipinski definition) is 12. The van der Waals surface area contributed by atoms with Crippen molar-refractivity contribution in [3.05, 3.63) is 0 Å². The minimum Gasteiger partial charge on any atom is -0.462 e. The van der Waals surface area contributed by atoms with Gasteiger partial charge in [-0.3, -0.25) is 9.59 Å². The summed E-state index contributed by atoms with van der Waals surface area (Å²) in [5.41, 5.74) is -0.494. The van der Waals surface area contributed by atoms with E-state index < -0.39 is 160 Å². The Hall–Kier alpha value is -1.66. The zero-order chi connectivity index (χ0) is 53.9. The molecule has 0 bridgehead atoms. The number of ether oxygens (including phenoxy) is 9. The molecule has 426 valence electrons. The predicted molar refractivity (Wildman–Crippen MR) is 250 cm³/mol. The molecular weight excluding hydrogens is 981 g/mol. The zero-order valence-electron chi connectivity index (χ0n) is 43.2. The van der Waals surface area contributed by atoms with Crippen LogP contribution in [-0.2, 0) is 52.2 Å². The highest BCUT2D eigenvalue weighted by Gasteiger charge is 2.64. The van der Waals surface area contributed by atoms with Gasteiger partial charge in [0.15, 0.2) is 25.2 Å². The molecule has 30 unspecified atom stereocenters. The van der Waals surface area contributed by atoms with Crippen molar-refractivity contribution in [1.82, 2.24) is 0 Å². The summed E-state index contributed by atoms with van der Waals surface area (Å²) in [6, 6.07) is 0. The van der Waals surface area contributed by atoms with Crippen LogP contribution < -0.4 is 0 Å². The maximum atomic E-state index is 13.5. The number of carbonyl (C=O) groups excluding carboxylic acids is 2. The Labute approximate surface area is 431 Å². The van der Waals surface area contributed by atoms with Crippen LogP contribution in [0.25, 0.3) is 0 Å². The fourth-order valence-electron chi connectivity index (χ4n) is 14.4. The molecule has 0 spiro atoms. The lowest BCUT2D eigenvalue weighted by atomic mass is 9.44. The van der Waals surface area contributed by atoms with E-state index in [-0.39, 0.29) is 53.3 Å². The Kier molecular flexibility index (Phi) is 18.6. The van der Waals surface area contributed by atoms with Crippen molar-refractivity contribution in [3.63, 3.8) is 0 Å². The Bertz CT molecular complexity index is 1880. The van der Waals surface area contributed by atoms with Gasteiger partial charge in [-0.05, 0) is 119 Å². The summed E-state index contributed by atoms with van der Waals surface area (Å²) in [7, 11) is 0. The third-order valence-electron chi connectivity index (χ3n) is 18.9. The lowest BCUT2D eigenvalue weighted by molar-refractivity contribution is -0.375. The maximum absolute atomic E-state index is 13.5. The summed E-state index contributed by atoms with van der Waals surface area (Å²) in [4.78, 5) is 27.0. The van der Waals surface area contributed by atoms with Crippen LogP contribution in [0, 0.1) is 46.3 Å². The topological polar surface area (TPSA) is 360 Å². The highest BCUT2D eigenvalue weighted by Crippen LogP contribution is 2.68. The monoisotopic (exact) mass is 1060 g/mol. The predicted octanol–water partition coefficient (Wildman–Crippen LogP) is -2.12. The molecule has 4 heterocycles. The number of fused-ring (bicyclic) bond motifs is 5. The number of carbonyl (C=O) groups is 2. The Morgan fingerprint density at radius 1 is 0.608 bits per heavy atom. The second kappa shape index (κ2) is 23.6. The quantitative estimate of drug-likeness (QED) is 0.0581. The third kappa shape index (κ3) is 11.4. The largest absolute Gasteiger partial charge is 0.462 e. The summed E-state index contributed by atoms with van der Waals surface area (Å²) in [6.07, 6.45) is -23.5. The molecule has 30 atom stereocenters.